The van der Waals surface area contributed by atoms with Crippen LogP contribution in [0.5, 0.6) is 5.75 Å². The van der Waals surface area contributed by atoms with E-state index >= 15 is 0 Å². The standard InChI is InChI=1S/C11H14N2O2/c1-12-4-5-15-9-2-3-10-8(6-9)7-13-11(10)14/h2-3,6,12H,4-5,7H2,1H3,(H,13,14). The van der Waals surface area contributed by atoms with Crippen LogP contribution in [0.3, 0.4) is 0 Å². The van der Waals surface area contributed by atoms with Crippen LogP contribution in [0.2, 0.25) is 0 Å². The Kier molecular flexibility index (Phi) is 2.87. The third-order valence-electron chi connectivity index (χ3n) is 2.38. The predicted octanol–water partition coefficient (Wildman–Crippen LogP) is 0.528. The second-order valence-corrected chi connectivity index (χ2v) is 3.45. The molecule has 15 heavy (non-hydrogen) atoms. The lowest BCUT2D eigenvalue weighted by Gasteiger charge is -2.06. The van der Waals surface area contributed by atoms with Gasteiger partial charge < -0.3 is 15.4 Å². The van der Waals surface area contributed by atoms with Crippen LogP contribution in [0, 0.1) is 0 Å². The van der Waals surface area contributed by atoms with E-state index in [1.165, 1.54) is 0 Å². The molecule has 2 N–H and O–H groups in total. The van der Waals surface area contributed by atoms with Crippen molar-refractivity contribution in [2.24, 2.45) is 0 Å². The zero-order chi connectivity index (χ0) is 10.7. The molecule has 0 spiro atoms. The van der Waals surface area contributed by atoms with Crippen molar-refractivity contribution < 1.29 is 9.53 Å². The van der Waals surface area contributed by atoms with E-state index < -0.39 is 0 Å². The van der Waals surface area contributed by atoms with Gasteiger partial charge in [0.05, 0.1) is 0 Å². The van der Waals surface area contributed by atoms with Crippen LogP contribution in [-0.2, 0) is 6.54 Å². The summed E-state index contributed by atoms with van der Waals surface area (Å²) >= 11 is 0. The van der Waals surface area contributed by atoms with Gasteiger partial charge in [0, 0.05) is 18.7 Å². The highest BCUT2D eigenvalue weighted by molar-refractivity contribution is 5.98. The van der Waals surface area contributed by atoms with Gasteiger partial charge >= 0.3 is 0 Å². The molecule has 1 aliphatic rings. The molecule has 0 fully saturated rings. The largest absolute Gasteiger partial charge is 0.492 e. The zero-order valence-electron chi connectivity index (χ0n) is 8.67. The zero-order valence-corrected chi connectivity index (χ0v) is 8.67. The summed E-state index contributed by atoms with van der Waals surface area (Å²) in [6.45, 7) is 2.06. The number of benzene rings is 1. The number of nitrogens with one attached hydrogen (secondary N) is 2. The Balaban J connectivity index is 2.06. The summed E-state index contributed by atoms with van der Waals surface area (Å²) < 4.78 is 5.51. The molecule has 0 saturated heterocycles. The second kappa shape index (κ2) is 4.31. The SMILES string of the molecule is CNCCOc1ccc2c(c1)CNC2=O. The number of ether oxygens (including phenoxy) is 1. The minimum absolute atomic E-state index is 0.00627. The Morgan fingerprint density at radius 1 is 1.53 bits per heavy atom. The van der Waals surface area contributed by atoms with Gasteiger partial charge in [0.1, 0.15) is 12.4 Å². The third-order valence-corrected chi connectivity index (χ3v) is 2.38. The van der Waals surface area contributed by atoms with E-state index in [0.29, 0.717) is 13.2 Å². The molecule has 4 heteroatoms. The highest BCUT2D eigenvalue weighted by Gasteiger charge is 2.18. The Morgan fingerprint density at radius 2 is 2.40 bits per heavy atom. The molecule has 0 atom stereocenters. The summed E-state index contributed by atoms with van der Waals surface area (Å²) in [6.07, 6.45) is 0. The molecule has 1 amide bonds. The Morgan fingerprint density at radius 3 is 3.20 bits per heavy atom. The Labute approximate surface area is 88.6 Å². The smallest absolute Gasteiger partial charge is 0.251 e. The second-order valence-electron chi connectivity index (χ2n) is 3.45. The van der Waals surface area contributed by atoms with Crippen LogP contribution in [0.15, 0.2) is 18.2 Å². The molecular formula is C11H14N2O2. The maximum atomic E-state index is 11.3. The number of amides is 1. The summed E-state index contributed by atoms with van der Waals surface area (Å²) in [5, 5.41) is 5.78. The fraction of sp³-hybridized carbons (Fsp3) is 0.364. The molecule has 0 saturated carbocycles. The average molecular weight is 206 g/mol. The van der Waals surface area contributed by atoms with Gasteiger partial charge in [0.15, 0.2) is 0 Å². The van der Waals surface area contributed by atoms with Crippen molar-refractivity contribution in [3.8, 4) is 5.75 Å². The van der Waals surface area contributed by atoms with Gasteiger partial charge in [-0.05, 0) is 30.8 Å². The van der Waals surface area contributed by atoms with E-state index in [4.69, 9.17) is 4.74 Å². The van der Waals surface area contributed by atoms with Crippen molar-refractivity contribution in [1.29, 1.82) is 0 Å². The van der Waals surface area contributed by atoms with Crippen LogP contribution in [0.25, 0.3) is 0 Å². The van der Waals surface area contributed by atoms with Crippen LogP contribution in [-0.4, -0.2) is 26.1 Å². The lowest BCUT2D eigenvalue weighted by Crippen LogP contribution is -2.15. The molecule has 0 unspecified atom stereocenters. The van der Waals surface area contributed by atoms with Crippen molar-refractivity contribution in [2.75, 3.05) is 20.2 Å². The fourth-order valence-electron chi connectivity index (χ4n) is 1.57. The minimum Gasteiger partial charge on any atom is -0.492 e. The van der Waals surface area contributed by atoms with Crippen molar-refractivity contribution >= 4 is 5.91 Å². The van der Waals surface area contributed by atoms with E-state index in [1.807, 2.05) is 25.2 Å². The van der Waals surface area contributed by atoms with E-state index in [2.05, 4.69) is 10.6 Å². The molecule has 1 aromatic rings. The number of carbonyl (C=O) groups excluding carboxylic acids is 1. The molecule has 0 aromatic heterocycles. The highest BCUT2D eigenvalue weighted by Crippen LogP contribution is 2.21. The van der Waals surface area contributed by atoms with Gasteiger partial charge in [-0.3, -0.25) is 4.79 Å². The lowest BCUT2D eigenvalue weighted by atomic mass is 10.1. The van der Waals surface area contributed by atoms with Gasteiger partial charge in [0.25, 0.3) is 5.91 Å². The third kappa shape index (κ3) is 2.10. The molecular weight excluding hydrogens is 192 g/mol. The monoisotopic (exact) mass is 206 g/mol. The van der Waals surface area contributed by atoms with Gasteiger partial charge in [-0.25, -0.2) is 0 Å². The maximum Gasteiger partial charge on any atom is 0.251 e. The number of rotatable bonds is 4. The molecule has 0 radical (unpaired) electrons. The summed E-state index contributed by atoms with van der Waals surface area (Å²) in [5.74, 6) is 0.826. The molecule has 80 valence electrons. The fourth-order valence-corrected chi connectivity index (χ4v) is 1.57. The Hall–Kier alpha value is -1.55. The van der Waals surface area contributed by atoms with Gasteiger partial charge in [0.2, 0.25) is 0 Å². The quantitative estimate of drug-likeness (QED) is 0.706. The van der Waals surface area contributed by atoms with Gasteiger partial charge in [-0.15, -0.1) is 0 Å². The van der Waals surface area contributed by atoms with Crippen molar-refractivity contribution in [3.05, 3.63) is 29.3 Å². The van der Waals surface area contributed by atoms with Crippen LogP contribution in [0.1, 0.15) is 15.9 Å². The highest BCUT2D eigenvalue weighted by atomic mass is 16.5. The molecule has 4 nitrogen and oxygen atoms in total. The first-order valence-electron chi connectivity index (χ1n) is 5.00. The maximum absolute atomic E-state index is 11.3. The van der Waals surface area contributed by atoms with Crippen molar-refractivity contribution in [2.45, 2.75) is 6.54 Å². The number of fused-ring (bicyclic) bond motifs is 1. The molecule has 1 heterocycles. The van der Waals surface area contributed by atoms with Crippen LogP contribution >= 0.6 is 0 Å². The van der Waals surface area contributed by atoms with Crippen LogP contribution < -0.4 is 15.4 Å². The van der Waals surface area contributed by atoms with Crippen molar-refractivity contribution in [1.82, 2.24) is 10.6 Å². The van der Waals surface area contributed by atoms with Crippen molar-refractivity contribution in [3.63, 3.8) is 0 Å². The molecule has 2 rings (SSSR count). The number of carbonyl (C=O) groups is 1. The van der Waals surface area contributed by atoms with Gasteiger partial charge in [-0.1, -0.05) is 0 Å². The van der Waals surface area contributed by atoms with E-state index in [-0.39, 0.29) is 5.91 Å². The summed E-state index contributed by atoms with van der Waals surface area (Å²) in [4.78, 5) is 11.3. The summed E-state index contributed by atoms with van der Waals surface area (Å²) in [7, 11) is 1.88. The first-order chi connectivity index (χ1) is 7.31. The summed E-state index contributed by atoms with van der Waals surface area (Å²) in [5.41, 5.74) is 1.78. The minimum atomic E-state index is 0.00627. The Bertz CT molecular complexity index is 377. The number of hydrogen-bond donors (Lipinski definition) is 2. The first-order valence-corrected chi connectivity index (χ1v) is 5.00. The summed E-state index contributed by atoms with van der Waals surface area (Å²) in [6, 6.07) is 5.56. The molecule has 0 aliphatic carbocycles. The lowest BCUT2D eigenvalue weighted by molar-refractivity contribution is 0.0966. The predicted molar refractivity (Wildman–Crippen MR) is 57.0 cm³/mol. The molecule has 0 bridgehead atoms. The first kappa shape index (κ1) is 9.98. The average Bonchev–Trinajstić information content (AvgIpc) is 2.61. The van der Waals surface area contributed by atoms with E-state index in [9.17, 15) is 4.79 Å². The topological polar surface area (TPSA) is 50.4 Å². The van der Waals surface area contributed by atoms with Gasteiger partial charge in [-0.2, -0.15) is 0 Å². The molecule has 1 aliphatic heterocycles. The normalized spacial score (nSPS) is 13.5. The van der Waals surface area contributed by atoms with Crippen LogP contribution in [0.4, 0.5) is 0 Å². The van der Waals surface area contributed by atoms with E-state index in [1.54, 1.807) is 0 Å². The number of likely N-dealkylation sites (N-methyl/N-ethyl adjacent to an activating group) is 1. The number of hydrogen-bond acceptors (Lipinski definition) is 3. The van der Waals surface area contributed by atoms with E-state index in [0.717, 1.165) is 23.4 Å². The molecule has 1 aromatic carbocycles.